The van der Waals surface area contributed by atoms with Gasteiger partial charge in [-0.15, -0.1) is 0 Å². The van der Waals surface area contributed by atoms with Gasteiger partial charge in [-0.3, -0.25) is 0 Å². The van der Waals surface area contributed by atoms with Crippen molar-refractivity contribution in [3.63, 3.8) is 0 Å². The average Bonchev–Trinajstić information content (AvgIpc) is 2.25. The molecule has 16 heavy (non-hydrogen) atoms. The molecule has 0 aliphatic carbocycles. The van der Waals surface area contributed by atoms with Crippen LogP contribution in [0.4, 0.5) is 0 Å². The van der Waals surface area contributed by atoms with E-state index in [0.717, 1.165) is 6.42 Å². The zero-order valence-corrected chi connectivity index (χ0v) is 11.5. The zero-order chi connectivity index (χ0) is 12.1. The van der Waals surface area contributed by atoms with E-state index in [1.165, 1.54) is 57.8 Å². The van der Waals surface area contributed by atoms with Gasteiger partial charge in [0.15, 0.2) is 0 Å². The SMILES string of the molecule is [CH2]CCCCCCCCCC/C=C/C(C)C. The minimum Gasteiger partial charge on any atom is -0.0883 e. The van der Waals surface area contributed by atoms with Crippen LogP contribution < -0.4 is 0 Å². The van der Waals surface area contributed by atoms with Gasteiger partial charge in [-0.25, -0.2) is 0 Å². The molecule has 0 spiro atoms. The van der Waals surface area contributed by atoms with Gasteiger partial charge in [0.25, 0.3) is 0 Å². The molecule has 0 heterocycles. The van der Waals surface area contributed by atoms with Gasteiger partial charge in [0, 0.05) is 0 Å². The van der Waals surface area contributed by atoms with Crippen LogP contribution in [0.1, 0.15) is 78.1 Å². The summed E-state index contributed by atoms with van der Waals surface area (Å²) >= 11 is 0. The predicted octanol–water partition coefficient (Wildman–Crippen LogP) is 5.93. The molecule has 0 aliphatic heterocycles. The maximum Gasteiger partial charge on any atom is -0.0290 e. The van der Waals surface area contributed by atoms with Gasteiger partial charge in [0.1, 0.15) is 0 Å². The lowest BCUT2D eigenvalue weighted by atomic mass is 10.1. The molecular weight excluding hydrogens is 192 g/mol. The lowest BCUT2D eigenvalue weighted by Crippen LogP contribution is -1.81. The van der Waals surface area contributed by atoms with Crippen molar-refractivity contribution in [2.75, 3.05) is 0 Å². The highest BCUT2D eigenvalue weighted by molar-refractivity contribution is 4.83. The fourth-order valence-corrected chi connectivity index (χ4v) is 1.87. The smallest absolute Gasteiger partial charge is 0.0290 e. The lowest BCUT2D eigenvalue weighted by molar-refractivity contribution is 0.570. The van der Waals surface area contributed by atoms with E-state index < -0.39 is 0 Å². The van der Waals surface area contributed by atoms with E-state index >= 15 is 0 Å². The van der Waals surface area contributed by atoms with Crippen molar-refractivity contribution >= 4 is 0 Å². The molecule has 0 saturated carbocycles. The van der Waals surface area contributed by atoms with E-state index in [4.69, 9.17) is 0 Å². The number of rotatable bonds is 11. The Labute approximate surface area is 104 Å². The Bertz CT molecular complexity index is 144. The molecule has 0 N–H and O–H groups in total. The third kappa shape index (κ3) is 13.7. The first kappa shape index (κ1) is 15.7. The monoisotopic (exact) mass is 223 g/mol. The first-order valence-electron chi connectivity index (χ1n) is 7.23. The van der Waals surface area contributed by atoms with Gasteiger partial charge in [0.2, 0.25) is 0 Å². The highest BCUT2D eigenvalue weighted by Crippen LogP contribution is 2.10. The molecule has 0 unspecified atom stereocenters. The second kappa shape index (κ2) is 12.8. The van der Waals surface area contributed by atoms with Gasteiger partial charge in [0.05, 0.1) is 0 Å². The minimum atomic E-state index is 0.716. The standard InChI is InChI=1S/C16H31/c1-4-5-6-7-8-9-10-11-12-13-14-15-16(2)3/h14-16H,1,4-13H2,2-3H3/b15-14+. The van der Waals surface area contributed by atoms with Crippen molar-refractivity contribution in [1.82, 2.24) is 0 Å². The minimum absolute atomic E-state index is 0.716. The Morgan fingerprint density at radius 3 is 1.81 bits per heavy atom. The van der Waals surface area contributed by atoms with E-state index in [1.54, 1.807) is 0 Å². The molecule has 95 valence electrons. The van der Waals surface area contributed by atoms with E-state index in [2.05, 4.69) is 32.9 Å². The number of allylic oxidation sites excluding steroid dienone is 2. The summed E-state index contributed by atoms with van der Waals surface area (Å²) in [6.07, 6.45) is 18.3. The van der Waals surface area contributed by atoms with Crippen LogP contribution in [0.5, 0.6) is 0 Å². The summed E-state index contributed by atoms with van der Waals surface area (Å²) in [4.78, 5) is 0. The summed E-state index contributed by atoms with van der Waals surface area (Å²) in [6.45, 7) is 8.34. The van der Waals surface area contributed by atoms with Crippen LogP contribution in [-0.2, 0) is 0 Å². The van der Waals surface area contributed by atoms with Crippen LogP contribution in [0.3, 0.4) is 0 Å². The molecular formula is C16H31. The second-order valence-electron chi connectivity index (χ2n) is 5.14. The third-order valence-corrected chi connectivity index (χ3v) is 2.89. The van der Waals surface area contributed by atoms with Gasteiger partial charge in [-0.05, 0) is 18.8 Å². The van der Waals surface area contributed by atoms with Crippen molar-refractivity contribution in [3.05, 3.63) is 19.1 Å². The maximum absolute atomic E-state index is 3.87. The van der Waals surface area contributed by atoms with Crippen LogP contribution in [0.25, 0.3) is 0 Å². The molecule has 0 aromatic rings. The Morgan fingerprint density at radius 1 is 0.812 bits per heavy atom. The normalized spacial score (nSPS) is 11.8. The molecule has 0 rings (SSSR count). The lowest BCUT2D eigenvalue weighted by Gasteiger charge is -2.00. The quantitative estimate of drug-likeness (QED) is 0.300. The topological polar surface area (TPSA) is 0 Å². The van der Waals surface area contributed by atoms with E-state index in [1.807, 2.05) is 0 Å². The highest BCUT2D eigenvalue weighted by Gasteiger charge is 1.91. The Hall–Kier alpha value is -0.260. The molecule has 0 aliphatic rings. The number of unbranched alkanes of at least 4 members (excludes halogenated alkanes) is 9. The van der Waals surface area contributed by atoms with Gasteiger partial charge < -0.3 is 0 Å². The largest absolute Gasteiger partial charge is 0.0883 e. The molecule has 0 nitrogen and oxygen atoms in total. The second-order valence-corrected chi connectivity index (χ2v) is 5.14. The first-order chi connectivity index (χ1) is 7.77. The fraction of sp³-hybridized carbons (Fsp3) is 0.812. The average molecular weight is 223 g/mol. The summed E-state index contributed by atoms with van der Waals surface area (Å²) in [7, 11) is 0. The summed E-state index contributed by atoms with van der Waals surface area (Å²) in [5.41, 5.74) is 0. The summed E-state index contributed by atoms with van der Waals surface area (Å²) in [5, 5.41) is 0. The fourth-order valence-electron chi connectivity index (χ4n) is 1.87. The Balaban J connectivity index is 2.99. The van der Waals surface area contributed by atoms with Crippen LogP contribution in [0.2, 0.25) is 0 Å². The predicted molar refractivity (Wildman–Crippen MR) is 75.5 cm³/mol. The molecule has 0 atom stereocenters. The summed E-state index contributed by atoms with van der Waals surface area (Å²) < 4.78 is 0. The van der Waals surface area contributed by atoms with Crippen molar-refractivity contribution in [3.8, 4) is 0 Å². The van der Waals surface area contributed by atoms with Gasteiger partial charge >= 0.3 is 0 Å². The van der Waals surface area contributed by atoms with Crippen molar-refractivity contribution in [2.24, 2.45) is 5.92 Å². The van der Waals surface area contributed by atoms with Crippen LogP contribution in [0.15, 0.2) is 12.2 Å². The van der Waals surface area contributed by atoms with Gasteiger partial charge in [-0.1, -0.05) is 84.3 Å². The Morgan fingerprint density at radius 2 is 1.31 bits per heavy atom. The number of hydrogen-bond acceptors (Lipinski definition) is 0. The van der Waals surface area contributed by atoms with E-state index in [-0.39, 0.29) is 0 Å². The van der Waals surface area contributed by atoms with Crippen LogP contribution in [0, 0.1) is 12.8 Å². The molecule has 1 radical (unpaired) electrons. The molecule has 0 aromatic heterocycles. The van der Waals surface area contributed by atoms with E-state index in [0.29, 0.717) is 5.92 Å². The molecule has 0 saturated heterocycles. The Kier molecular flexibility index (Phi) is 12.6. The summed E-state index contributed by atoms with van der Waals surface area (Å²) in [6, 6.07) is 0. The highest BCUT2D eigenvalue weighted by atomic mass is 14.0. The van der Waals surface area contributed by atoms with Crippen molar-refractivity contribution in [1.29, 1.82) is 0 Å². The molecule has 0 aromatic carbocycles. The summed E-state index contributed by atoms with van der Waals surface area (Å²) in [5.74, 6) is 0.716. The molecule has 0 heteroatoms. The molecule has 0 fully saturated rings. The maximum atomic E-state index is 3.87. The van der Waals surface area contributed by atoms with Crippen LogP contribution >= 0.6 is 0 Å². The molecule has 0 amide bonds. The van der Waals surface area contributed by atoms with Gasteiger partial charge in [-0.2, -0.15) is 0 Å². The third-order valence-electron chi connectivity index (χ3n) is 2.89. The van der Waals surface area contributed by atoms with Crippen molar-refractivity contribution < 1.29 is 0 Å². The van der Waals surface area contributed by atoms with E-state index in [9.17, 15) is 0 Å². The van der Waals surface area contributed by atoms with Crippen molar-refractivity contribution in [2.45, 2.75) is 78.1 Å². The first-order valence-corrected chi connectivity index (χ1v) is 7.23. The van der Waals surface area contributed by atoms with Crippen LogP contribution in [-0.4, -0.2) is 0 Å². The zero-order valence-electron chi connectivity index (χ0n) is 11.5. The molecule has 0 bridgehead atoms. The number of hydrogen-bond donors (Lipinski definition) is 0.